The van der Waals surface area contributed by atoms with E-state index in [2.05, 4.69) is 41.7 Å². The van der Waals surface area contributed by atoms with Crippen molar-refractivity contribution in [2.45, 2.75) is 24.7 Å². The summed E-state index contributed by atoms with van der Waals surface area (Å²) in [5.74, 6) is 0.903. The molecule has 2 aromatic carbocycles. The molecule has 0 aromatic heterocycles. The van der Waals surface area contributed by atoms with Gasteiger partial charge in [0.05, 0.1) is 19.3 Å². The van der Waals surface area contributed by atoms with E-state index in [1.807, 2.05) is 12.1 Å². The summed E-state index contributed by atoms with van der Waals surface area (Å²) < 4.78 is 11.8. The SMILES string of the molecule is COc1ccc2c(c1)C1OC(c3ccccc3)CNC1C2. The van der Waals surface area contributed by atoms with E-state index in [0.29, 0.717) is 6.04 Å². The summed E-state index contributed by atoms with van der Waals surface area (Å²) >= 11 is 0. The highest BCUT2D eigenvalue weighted by molar-refractivity contribution is 5.42. The maximum atomic E-state index is 6.40. The smallest absolute Gasteiger partial charge is 0.119 e. The van der Waals surface area contributed by atoms with E-state index in [-0.39, 0.29) is 12.2 Å². The molecule has 1 heterocycles. The first-order valence-corrected chi connectivity index (χ1v) is 7.46. The molecule has 108 valence electrons. The fourth-order valence-corrected chi connectivity index (χ4v) is 3.41. The Hall–Kier alpha value is -1.84. The largest absolute Gasteiger partial charge is 0.497 e. The Bertz CT molecular complexity index is 641. The van der Waals surface area contributed by atoms with Crippen molar-refractivity contribution in [3.05, 3.63) is 65.2 Å². The van der Waals surface area contributed by atoms with Crippen LogP contribution in [0, 0.1) is 0 Å². The zero-order valence-electron chi connectivity index (χ0n) is 12.1. The van der Waals surface area contributed by atoms with Crippen molar-refractivity contribution in [3.63, 3.8) is 0 Å². The highest BCUT2D eigenvalue weighted by Gasteiger charge is 2.38. The molecule has 4 rings (SSSR count). The summed E-state index contributed by atoms with van der Waals surface area (Å²) in [5.41, 5.74) is 3.87. The van der Waals surface area contributed by atoms with Crippen molar-refractivity contribution < 1.29 is 9.47 Å². The summed E-state index contributed by atoms with van der Waals surface area (Å²) in [7, 11) is 1.71. The van der Waals surface area contributed by atoms with Gasteiger partial charge in [-0.05, 0) is 35.2 Å². The lowest BCUT2D eigenvalue weighted by molar-refractivity contribution is -0.0601. The fraction of sp³-hybridized carbons (Fsp3) is 0.333. The van der Waals surface area contributed by atoms with Gasteiger partial charge in [-0.15, -0.1) is 0 Å². The standard InChI is InChI=1S/C18H19NO2/c1-20-14-8-7-13-9-16-18(15(13)10-14)21-17(11-19-16)12-5-3-2-4-6-12/h2-8,10,16-19H,9,11H2,1H3. The third-order valence-corrected chi connectivity index (χ3v) is 4.51. The number of benzene rings is 2. The Kier molecular flexibility index (Phi) is 3.17. The normalized spacial score (nSPS) is 27.0. The molecule has 1 fully saturated rings. The first kappa shape index (κ1) is 12.9. The second-order valence-electron chi connectivity index (χ2n) is 5.74. The van der Waals surface area contributed by atoms with Crippen molar-refractivity contribution in [2.24, 2.45) is 0 Å². The van der Waals surface area contributed by atoms with Gasteiger partial charge in [-0.3, -0.25) is 0 Å². The molecule has 3 heteroatoms. The Morgan fingerprint density at radius 1 is 1.14 bits per heavy atom. The summed E-state index contributed by atoms with van der Waals surface area (Å²) in [6.07, 6.45) is 1.27. The lowest BCUT2D eigenvalue weighted by Gasteiger charge is -2.34. The van der Waals surface area contributed by atoms with Gasteiger partial charge >= 0.3 is 0 Å². The average molecular weight is 281 g/mol. The number of morpholine rings is 1. The van der Waals surface area contributed by atoms with Gasteiger partial charge in [-0.25, -0.2) is 0 Å². The van der Waals surface area contributed by atoms with Crippen LogP contribution in [-0.2, 0) is 11.2 Å². The zero-order valence-corrected chi connectivity index (χ0v) is 12.1. The van der Waals surface area contributed by atoms with Crippen molar-refractivity contribution in [1.82, 2.24) is 5.32 Å². The van der Waals surface area contributed by atoms with Crippen LogP contribution in [0.5, 0.6) is 5.75 Å². The van der Waals surface area contributed by atoms with E-state index in [1.54, 1.807) is 7.11 Å². The van der Waals surface area contributed by atoms with Crippen LogP contribution in [0.15, 0.2) is 48.5 Å². The van der Waals surface area contributed by atoms with E-state index < -0.39 is 0 Å². The summed E-state index contributed by atoms with van der Waals surface area (Å²) in [6, 6.07) is 17.1. The number of nitrogens with one attached hydrogen (secondary N) is 1. The van der Waals surface area contributed by atoms with Gasteiger partial charge in [0.25, 0.3) is 0 Å². The Balaban J connectivity index is 1.63. The van der Waals surface area contributed by atoms with Crippen LogP contribution in [0.3, 0.4) is 0 Å². The van der Waals surface area contributed by atoms with Crippen molar-refractivity contribution >= 4 is 0 Å². The maximum Gasteiger partial charge on any atom is 0.119 e. The number of methoxy groups -OCH3 is 1. The first-order chi connectivity index (χ1) is 10.3. The van der Waals surface area contributed by atoms with Crippen LogP contribution in [0.4, 0.5) is 0 Å². The third-order valence-electron chi connectivity index (χ3n) is 4.51. The second-order valence-corrected chi connectivity index (χ2v) is 5.74. The van der Waals surface area contributed by atoms with E-state index in [9.17, 15) is 0 Å². The molecule has 0 bridgehead atoms. The van der Waals surface area contributed by atoms with Crippen LogP contribution >= 0.6 is 0 Å². The number of hydrogen-bond acceptors (Lipinski definition) is 3. The molecular formula is C18H19NO2. The molecule has 3 unspecified atom stereocenters. The minimum absolute atomic E-state index is 0.115. The maximum absolute atomic E-state index is 6.40. The third kappa shape index (κ3) is 2.23. The average Bonchev–Trinajstić information content (AvgIpc) is 2.92. The molecular weight excluding hydrogens is 262 g/mol. The number of rotatable bonds is 2. The van der Waals surface area contributed by atoms with Gasteiger partial charge < -0.3 is 14.8 Å². The molecule has 0 radical (unpaired) electrons. The molecule has 0 spiro atoms. The van der Waals surface area contributed by atoms with E-state index in [0.717, 1.165) is 18.7 Å². The van der Waals surface area contributed by atoms with Crippen molar-refractivity contribution in [1.29, 1.82) is 0 Å². The summed E-state index contributed by atoms with van der Waals surface area (Å²) in [4.78, 5) is 0. The molecule has 0 saturated carbocycles. The summed E-state index contributed by atoms with van der Waals surface area (Å²) in [6.45, 7) is 0.871. The van der Waals surface area contributed by atoms with Crippen molar-refractivity contribution in [2.75, 3.05) is 13.7 Å². The Morgan fingerprint density at radius 2 is 2.00 bits per heavy atom. The van der Waals surface area contributed by atoms with Gasteiger partial charge in [0.1, 0.15) is 5.75 Å². The second kappa shape index (κ2) is 5.17. The molecule has 2 aliphatic rings. The topological polar surface area (TPSA) is 30.5 Å². The minimum atomic E-state index is 0.115. The molecule has 1 aliphatic carbocycles. The quantitative estimate of drug-likeness (QED) is 0.918. The van der Waals surface area contributed by atoms with Crippen LogP contribution in [-0.4, -0.2) is 19.7 Å². The lowest BCUT2D eigenvalue weighted by atomic mass is 10.0. The van der Waals surface area contributed by atoms with Gasteiger partial charge in [-0.1, -0.05) is 36.4 Å². The monoisotopic (exact) mass is 281 g/mol. The molecule has 1 saturated heterocycles. The molecule has 1 N–H and O–H groups in total. The van der Waals surface area contributed by atoms with E-state index in [1.165, 1.54) is 16.7 Å². The highest BCUT2D eigenvalue weighted by atomic mass is 16.5. The van der Waals surface area contributed by atoms with Gasteiger partial charge in [-0.2, -0.15) is 0 Å². The van der Waals surface area contributed by atoms with Crippen molar-refractivity contribution in [3.8, 4) is 5.75 Å². The lowest BCUT2D eigenvalue weighted by Crippen LogP contribution is -2.43. The predicted molar refractivity (Wildman–Crippen MR) is 81.5 cm³/mol. The van der Waals surface area contributed by atoms with E-state index >= 15 is 0 Å². The first-order valence-electron chi connectivity index (χ1n) is 7.46. The fourth-order valence-electron chi connectivity index (χ4n) is 3.41. The van der Waals surface area contributed by atoms with Crippen LogP contribution < -0.4 is 10.1 Å². The highest BCUT2D eigenvalue weighted by Crippen LogP contribution is 2.41. The molecule has 3 atom stereocenters. The Morgan fingerprint density at radius 3 is 2.81 bits per heavy atom. The van der Waals surface area contributed by atoms with Gasteiger partial charge in [0, 0.05) is 12.6 Å². The number of ether oxygens (including phenoxy) is 2. The van der Waals surface area contributed by atoms with Gasteiger partial charge in [0.2, 0.25) is 0 Å². The molecule has 21 heavy (non-hydrogen) atoms. The van der Waals surface area contributed by atoms with E-state index in [4.69, 9.17) is 9.47 Å². The van der Waals surface area contributed by atoms with Crippen LogP contribution in [0.25, 0.3) is 0 Å². The van der Waals surface area contributed by atoms with Crippen LogP contribution in [0.2, 0.25) is 0 Å². The molecule has 1 aliphatic heterocycles. The van der Waals surface area contributed by atoms with Crippen LogP contribution in [0.1, 0.15) is 28.9 Å². The Labute approximate surface area is 124 Å². The number of fused-ring (bicyclic) bond motifs is 3. The summed E-state index contributed by atoms with van der Waals surface area (Å²) in [5, 5.41) is 3.65. The minimum Gasteiger partial charge on any atom is -0.497 e. The molecule has 2 aromatic rings. The predicted octanol–water partition coefficient (Wildman–Crippen LogP) is 3.02. The molecule has 0 amide bonds. The van der Waals surface area contributed by atoms with Gasteiger partial charge in [0.15, 0.2) is 0 Å². The number of hydrogen-bond donors (Lipinski definition) is 1. The molecule has 3 nitrogen and oxygen atoms in total. The zero-order chi connectivity index (χ0) is 14.2.